The van der Waals surface area contributed by atoms with Gasteiger partial charge in [0.25, 0.3) is 0 Å². The summed E-state index contributed by atoms with van der Waals surface area (Å²) >= 11 is 0. The molecule has 0 aromatic rings. The van der Waals surface area contributed by atoms with Gasteiger partial charge in [-0.05, 0) is 52.0 Å². The van der Waals surface area contributed by atoms with Crippen molar-refractivity contribution >= 4 is 6.09 Å². The van der Waals surface area contributed by atoms with Gasteiger partial charge in [-0.1, -0.05) is 12.7 Å². The second-order valence-electron chi connectivity index (χ2n) is 6.91. The average Bonchev–Trinajstić information content (AvgIpc) is 2.32. The summed E-state index contributed by atoms with van der Waals surface area (Å²) in [5.74, 6) is 0. The molecule has 0 aliphatic carbocycles. The van der Waals surface area contributed by atoms with Crippen LogP contribution in [0.2, 0.25) is 0 Å². The predicted octanol–water partition coefficient (Wildman–Crippen LogP) is 4.59. The van der Waals surface area contributed by atoms with Gasteiger partial charge in [-0.15, -0.1) is 0 Å². The Labute approximate surface area is 128 Å². The summed E-state index contributed by atoms with van der Waals surface area (Å²) in [4.78, 5) is 13.9. The van der Waals surface area contributed by atoms with Crippen LogP contribution in [0.4, 0.5) is 18.0 Å². The zero-order chi connectivity index (χ0) is 16.7. The first-order chi connectivity index (χ1) is 9.99. The minimum Gasteiger partial charge on any atom is -0.444 e. The van der Waals surface area contributed by atoms with Gasteiger partial charge in [0.2, 0.25) is 0 Å². The van der Waals surface area contributed by atoms with Gasteiger partial charge in [-0.2, -0.15) is 13.2 Å². The molecule has 1 fully saturated rings. The zero-order valence-corrected chi connectivity index (χ0v) is 13.2. The Morgan fingerprint density at radius 1 is 1.32 bits per heavy atom. The predicted molar refractivity (Wildman–Crippen MR) is 77.4 cm³/mol. The number of allylic oxidation sites excluding steroid dienone is 1. The summed E-state index contributed by atoms with van der Waals surface area (Å²) in [6, 6.07) is -0.579. The van der Waals surface area contributed by atoms with Crippen molar-refractivity contribution in [1.82, 2.24) is 4.90 Å². The summed E-state index contributed by atoms with van der Waals surface area (Å²) in [7, 11) is 0. The fourth-order valence-electron chi connectivity index (χ4n) is 3.03. The first-order valence-corrected chi connectivity index (χ1v) is 7.47. The molecule has 2 atom stereocenters. The molecule has 124 valence electrons. The molecule has 2 unspecified atom stereocenters. The van der Waals surface area contributed by atoms with Crippen LogP contribution in [-0.4, -0.2) is 34.9 Å². The van der Waals surface area contributed by atoms with E-state index < -0.39 is 23.4 Å². The van der Waals surface area contributed by atoms with Gasteiger partial charge in [-0.3, -0.25) is 4.90 Å². The maximum Gasteiger partial charge on any atom is 0.416 e. The second kappa shape index (κ2) is 5.63. The Hall–Kier alpha value is -1.46. The van der Waals surface area contributed by atoms with E-state index in [0.29, 0.717) is 12.8 Å². The molecule has 3 nitrogen and oxygen atoms in total. The highest BCUT2D eigenvalue weighted by Gasteiger charge is 2.43. The molecule has 0 aromatic carbocycles. The molecule has 2 heterocycles. The summed E-state index contributed by atoms with van der Waals surface area (Å²) in [5.41, 5.74) is -1.21. The van der Waals surface area contributed by atoms with Crippen LogP contribution in [0.1, 0.15) is 46.5 Å². The SMILES string of the molecule is C=C(C1=CC2CCCC(C1)N2C(=O)OC(C)(C)C)C(F)(F)F. The standard InChI is InChI=1S/C16H22F3NO2/c1-10(16(17,18)19)11-8-12-6-5-7-13(9-11)20(12)14(21)22-15(2,3)4/h8,12-13H,1,5-7,9H2,2-4H3. The van der Waals surface area contributed by atoms with E-state index in [0.717, 1.165) is 6.42 Å². The van der Waals surface area contributed by atoms with E-state index in [9.17, 15) is 18.0 Å². The lowest BCUT2D eigenvalue weighted by Gasteiger charge is -2.45. The van der Waals surface area contributed by atoms with Crippen LogP contribution in [-0.2, 0) is 4.74 Å². The van der Waals surface area contributed by atoms with Crippen molar-refractivity contribution in [3.05, 3.63) is 23.8 Å². The van der Waals surface area contributed by atoms with Crippen molar-refractivity contribution in [3.8, 4) is 0 Å². The van der Waals surface area contributed by atoms with Gasteiger partial charge in [0.15, 0.2) is 0 Å². The minimum atomic E-state index is -4.42. The highest BCUT2D eigenvalue weighted by atomic mass is 19.4. The first kappa shape index (κ1) is 16.9. The van der Waals surface area contributed by atoms with Gasteiger partial charge >= 0.3 is 12.3 Å². The number of hydrogen-bond donors (Lipinski definition) is 0. The van der Waals surface area contributed by atoms with E-state index in [2.05, 4.69) is 6.58 Å². The molecule has 2 bridgehead atoms. The van der Waals surface area contributed by atoms with Crippen LogP contribution in [0.25, 0.3) is 0 Å². The Balaban J connectivity index is 2.22. The van der Waals surface area contributed by atoms with Gasteiger partial charge in [0.1, 0.15) is 5.60 Å². The molecule has 0 radical (unpaired) electrons. The number of carbonyl (C=O) groups is 1. The number of rotatable bonds is 1. The van der Waals surface area contributed by atoms with E-state index >= 15 is 0 Å². The molecule has 1 saturated heterocycles. The summed E-state index contributed by atoms with van der Waals surface area (Å²) in [6.45, 7) is 8.50. The Morgan fingerprint density at radius 3 is 2.45 bits per heavy atom. The number of fused-ring (bicyclic) bond motifs is 2. The van der Waals surface area contributed by atoms with Crippen LogP contribution in [0, 0.1) is 0 Å². The smallest absolute Gasteiger partial charge is 0.416 e. The number of ether oxygens (including phenoxy) is 1. The fraction of sp³-hybridized carbons (Fsp3) is 0.688. The van der Waals surface area contributed by atoms with Gasteiger partial charge in [0.05, 0.1) is 11.6 Å². The quantitative estimate of drug-likeness (QED) is 0.708. The number of piperidine rings is 1. The monoisotopic (exact) mass is 317 g/mol. The molecule has 2 rings (SSSR count). The van der Waals surface area contributed by atoms with Crippen LogP contribution in [0.3, 0.4) is 0 Å². The van der Waals surface area contributed by atoms with Crippen molar-refractivity contribution in [2.24, 2.45) is 0 Å². The van der Waals surface area contributed by atoms with E-state index in [4.69, 9.17) is 4.74 Å². The normalized spacial score (nSPS) is 25.5. The number of halogens is 3. The summed E-state index contributed by atoms with van der Waals surface area (Å²) in [6.07, 6.45) is -0.896. The van der Waals surface area contributed by atoms with Gasteiger partial charge in [-0.25, -0.2) is 4.79 Å². The average molecular weight is 317 g/mol. The third-order valence-corrected chi connectivity index (χ3v) is 3.97. The van der Waals surface area contributed by atoms with E-state index in [1.165, 1.54) is 6.08 Å². The van der Waals surface area contributed by atoms with Crippen molar-refractivity contribution < 1.29 is 22.7 Å². The molecule has 2 aliphatic heterocycles. The lowest BCUT2D eigenvalue weighted by molar-refractivity contribution is -0.0898. The van der Waals surface area contributed by atoms with E-state index in [-0.39, 0.29) is 24.1 Å². The van der Waals surface area contributed by atoms with Crippen LogP contribution >= 0.6 is 0 Å². The lowest BCUT2D eigenvalue weighted by atomic mass is 9.83. The zero-order valence-electron chi connectivity index (χ0n) is 13.2. The first-order valence-electron chi connectivity index (χ1n) is 7.47. The molecule has 0 aromatic heterocycles. The fourth-order valence-corrected chi connectivity index (χ4v) is 3.03. The Kier molecular flexibility index (Phi) is 4.33. The molecule has 1 amide bonds. The molecule has 0 saturated carbocycles. The highest BCUT2D eigenvalue weighted by molar-refractivity contribution is 5.70. The van der Waals surface area contributed by atoms with Crippen molar-refractivity contribution in [2.45, 2.75) is 70.3 Å². The highest BCUT2D eigenvalue weighted by Crippen LogP contribution is 2.40. The van der Waals surface area contributed by atoms with Crippen molar-refractivity contribution in [3.63, 3.8) is 0 Å². The topological polar surface area (TPSA) is 29.5 Å². The summed E-state index contributed by atoms with van der Waals surface area (Å²) in [5, 5.41) is 0. The van der Waals surface area contributed by atoms with E-state index in [1.807, 2.05) is 0 Å². The maximum absolute atomic E-state index is 12.8. The third-order valence-electron chi connectivity index (χ3n) is 3.97. The van der Waals surface area contributed by atoms with Crippen LogP contribution < -0.4 is 0 Å². The summed E-state index contributed by atoms with van der Waals surface area (Å²) < 4.78 is 43.9. The molecule has 2 aliphatic rings. The Bertz CT molecular complexity index is 503. The molecular weight excluding hydrogens is 295 g/mol. The molecule has 22 heavy (non-hydrogen) atoms. The molecular formula is C16H22F3NO2. The lowest BCUT2D eigenvalue weighted by Crippen LogP contribution is -2.53. The number of hydrogen-bond acceptors (Lipinski definition) is 2. The number of amides is 1. The molecule has 0 N–H and O–H groups in total. The number of nitrogens with zero attached hydrogens (tertiary/aromatic N) is 1. The van der Waals surface area contributed by atoms with Gasteiger partial charge < -0.3 is 4.74 Å². The second-order valence-corrected chi connectivity index (χ2v) is 6.91. The van der Waals surface area contributed by atoms with Crippen molar-refractivity contribution in [1.29, 1.82) is 0 Å². The minimum absolute atomic E-state index is 0.189. The van der Waals surface area contributed by atoms with Gasteiger partial charge in [0, 0.05) is 6.04 Å². The van der Waals surface area contributed by atoms with Crippen LogP contribution in [0.5, 0.6) is 0 Å². The van der Waals surface area contributed by atoms with Crippen molar-refractivity contribution in [2.75, 3.05) is 0 Å². The third kappa shape index (κ3) is 3.65. The Morgan fingerprint density at radius 2 is 1.95 bits per heavy atom. The molecule has 6 heteroatoms. The maximum atomic E-state index is 12.8. The van der Waals surface area contributed by atoms with Crippen LogP contribution in [0.15, 0.2) is 23.8 Å². The van der Waals surface area contributed by atoms with E-state index in [1.54, 1.807) is 25.7 Å². The number of alkyl halides is 3. The largest absolute Gasteiger partial charge is 0.444 e. The number of carbonyl (C=O) groups excluding carboxylic acids is 1. The molecule has 0 spiro atoms.